The number of hydrogen-bond donors (Lipinski definition) is 2. The second-order valence-corrected chi connectivity index (χ2v) is 5.33. The Kier molecular flexibility index (Phi) is 4.31. The molecule has 2 aromatic rings. The van der Waals surface area contributed by atoms with Gasteiger partial charge in [0.15, 0.2) is 0 Å². The number of nitrogens with one attached hydrogen (secondary N) is 1. The van der Waals surface area contributed by atoms with Crippen molar-refractivity contribution in [1.82, 2.24) is 15.3 Å². The molecule has 0 unspecified atom stereocenters. The molecule has 2 aromatic heterocycles. The summed E-state index contributed by atoms with van der Waals surface area (Å²) >= 11 is 6.73. The molecule has 104 valence electrons. The number of aromatic carboxylic acids is 1. The second kappa shape index (κ2) is 5.98. The van der Waals surface area contributed by atoms with E-state index in [0.717, 1.165) is 11.3 Å². The molecule has 8 heteroatoms. The molecule has 0 atom stereocenters. The van der Waals surface area contributed by atoms with Crippen molar-refractivity contribution in [2.45, 2.75) is 13.5 Å². The SMILES string of the molecule is Cc1nc(CNC(=O)c2cccc(Cl)n2)sc1C(=O)O. The van der Waals surface area contributed by atoms with Gasteiger partial charge in [-0.3, -0.25) is 4.79 Å². The fourth-order valence-electron chi connectivity index (χ4n) is 1.51. The minimum Gasteiger partial charge on any atom is -0.477 e. The molecule has 0 radical (unpaired) electrons. The number of aromatic nitrogens is 2. The summed E-state index contributed by atoms with van der Waals surface area (Å²) in [6, 6.07) is 4.74. The van der Waals surface area contributed by atoms with Crippen LogP contribution >= 0.6 is 22.9 Å². The van der Waals surface area contributed by atoms with E-state index in [-0.39, 0.29) is 22.3 Å². The average molecular weight is 312 g/mol. The van der Waals surface area contributed by atoms with E-state index in [2.05, 4.69) is 15.3 Å². The van der Waals surface area contributed by atoms with Crippen molar-refractivity contribution in [3.05, 3.63) is 44.6 Å². The standard InChI is InChI=1S/C12H10ClN3O3S/c1-6-10(12(18)19)20-9(15-6)5-14-11(17)7-3-2-4-8(13)16-7/h2-4H,5H2,1H3,(H,14,17)(H,18,19). The number of hydrogen-bond acceptors (Lipinski definition) is 5. The maximum Gasteiger partial charge on any atom is 0.347 e. The Labute approximate surface area is 123 Å². The molecule has 0 fully saturated rings. The molecular formula is C12H10ClN3O3S. The summed E-state index contributed by atoms with van der Waals surface area (Å²) in [4.78, 5) is 30.9. The number of thiazole rings is 1. The summed E-state index contributed by atoms with van der Waals surface area (Å²) in [5.74, 6) is -1.41. The Morgan fingerprint density at radius 1 is 1.40 bits per heavy atom. The minimum absolute atomic E-state index is 0.145. The summed E-state index contributed by atoms with van der Waals surface area (Å²) in [7, 11) is 0. The van der Waals surface area contributed by atoms with E-state index in [1.54, 1.807) is 19.1 Å². The lowest BCUT2D eigenvalue weighted by Crippen LogP contribution is -2.23. The van der Waals surface area contributed by atoms with Gasteiger partial charge in [0.25, 0.3) is 5.91 Å². The molecule has 2 heterocycles. The van der Waals surface area contributed by atoms with Crippen LogP contribution in [0.15, 0.2) is 18.2 Å². The van der Waals surface area contributed by atoms with Gasteiger partial charge in [-0.15, -0.1) is 11.3 Å². The molecule has 0 spiro atoms. The van der Waals surface area contributed by atoms with E-state index in [1.807, 2.05) is 0 Å². The molecule has 20 heavy (non-hydrogen) atoms. The van der Waals surface area contributed by atoms with Crippen LogP contribution in [0.5, 0.6) is 0 Å². The zero-order valence-electron chi connectivity index (χ0n) is 10.4. The lowest BCUT2D eigenvalue weighted by Gasteiger charge is -2.02. The van der Waals surface area contributed by atoms with Crippen LogP contribution in [0.4, 0.5) is 0 Å². The number of aryl methyl sites for hydroxylation is 1. The Morgan fingerprint density at radius 3 is 2.75 bits per heavy atom. The molecule has 0 aliphatic carbocycles. The van der Waals surface area contributed by atoms with Gasteiger partial charge in [-0.25, -0.2) is 14.8 Å². The van der Waals surface area contributed by atoms with Crippen molar-refractivity contribution >= 4 is 34.8 Å². The fraction of sp³-hybridized carbons (Fsp3) is 0.167. The fourth-order valence-corrected chi connectivity index (χ4v) is 2.51. The van der Waals surface area contributed by atoms with Gasteiger partial charge in [-0.1, -0.05) is 17.7 Å². The molecular weight excluding hydrogens is 302 g/mol. The van der Waals surface area contributed by atoms with Gasteiger partial charge < -0.3 is 10.4 Å². The lowest BCUT2D eigenvalue weighted by atomic mass is 10.3. The second-order valence-electron chi connectivity index (χ2n) is 3.86. The van der Waals surface area contributed by atoms with Crippen LogP contribution in [0, 0.1) is 6.92 Å². The van der Waals surface area contributed by atoms with Crippen LogP contribution in [0.3, 0.4) is 0 Å². The third-order valence-corrected chi connectivity index (χ3v) is 3.74. The summed E-state index contributed by atoms with van der Waals surface area (Å²) in [6.45, 7) is 1.76. The molecule has 0 bridgehead atoms. The Morgan fingerprint density at radius 2 is 2.15 bits per heavy atom. The van der Waals surface area contributed by atoms with E-state index in [4.69, 9.17) is 16.7 Å². The molecule has 0 saturated heterocycles. The third-order valence-electron chi connectivity index (χ3n) is 2.38. The zero-order chi connectivity index (χ0) is 14.7. The van der Waals surface area contributed by atoms with Crippen LogP contribution in [-0.2, 0) is 6.54 Å². The highest BCUT2D eigenvalue weighted by Crippen LogP contribution is 2.17. The highest BCUT2D eigenvalue weighted by Gasteiger charge is 2.15. The van der Waals surface area contributed by atoms with Crippen molar-refractivity contribution in [2.24, 2.45) is 0 Å². The molecule has 2 rings (SSSR count). The summed E-state index contributed by atoms with van der Waals surface area (Å²) in [5, 5.41) is 12.3. The number of pyridine rings is 1. The number of amides is 1. The summed E-state index contributed by atoms with van der Waals surface area (Å²) in [6.07, 6.45) is 0. The topological polar surface area (TPSA) is 92.2 Å². The van der Waals surface area contributed by atoms with Crippen LogP contribution < -0.4 is 5.32 Å². The molecule has 2 N–H and O–H groups in total. The smallest absolute Gasteiger partial charge is 0.347 e. The quantitative estimate of drug-likeness (QED) is 0.844. The van der Waals surface area contributed by atoms with Gasteiger partial charge in [0.1, 0.15) is 20.7 Å². The molecule has 0 aromatic carbocycles. The largest absolute Gasteiger partial charge is 0.477 e. The molecule has 6 nitrogen and oxygen atoms in total. The first-order chi connectivity index (χ1) is 9.47. The zero-order valence-corrected chi connectivity index (χ0v) is 12.0. The van der Waals surface area contributed by atoms with Crippen molar-refractivity contribution in [3.63, 3.8) is 0 Å². The number of nitrogens with zero attached hydrogens (tertiary/aromatic N) is 2. The number of carboxylic acids is 1. The lowest BCUT2D eigenvalue weighted by molar-refractivity contribution is 0.0701. The van der Waals surface area contributed by atoms with E-state index < -0.39 is 11.9 Å². The molecule has 0 aliphatic rings. The Hall–Kier alpha value is -1.99. The number of carbonyl (C=O) groups excluding carboxylic acids is 1. The maximum absolute atomic E-state index is 11.8. The van der Waals surface area contributed by atoms with Crippen molar-refractivity contribution in [3.8, 4) is 0 Å². The summed E-state index contributed by atoms with van der Waals surface area (Å²) in [5.41, 5.74) is 0.636. The first-order valence-corrected chi connectivity index (χ1v) is 6.77. The van der Waals surface area contributed by atoms with Crippen molar-refractivity contribution in [1.29, 1.82) is 0 Å². The first-order valence-electron chi connectivity index (χ1n) is 5.57. The normalized spacial score (nSPS) is 10.3. The van der Waals surface area contributed by atoms with E-state index in [1.165, 1.54) is 6.07 Å². The van der Waals surface area contributed by atoms with Crippen molar-refractivity contribution in [2.75, 3.05) is 0 Å². The highest BCUT2D eigenvalue weighted by atomic mass is 35.5. The van der Waals surface area contributed by atoms with Crippen LogP contribution in [-0.4, -0.2) is 27.0 Å². The van der Waals surface area contributed by atoms with Crippen molar-refractivity contribution < 1.29 is 14.7 Å². The predicted molar refractivity (Wildman–Crippen MR) is 74.2 cm³/mol. The van der Waals surface area contributed by atoms with Gasteiger partial charge in [0, 0.05) is 0 Å². The predicted octanol–water partition coefficient (Wildman–Crippen LogP) is 2.13. The van der Waals surface area contributed by atoms with E-state index in [0.29, 0.717) is 10.7 Å². The van der Waals surface area contributed by atoms with Gasteiger partial charge in [0.2, 0.25) is 0 Å². The van der Waals surface area contributed by atoms with Crippen LogP contribution in [0.25, 0.3) is 0 Å². The molecule has 0 aliphatic heterocycles. The van der Waals surface area contributed by atoms with E-state index in [9.17, 15) is 9.59 Å². The number of halogens is 1. The van der Waals surface area contributed by atoms with Gasteiger partial charge >= 0.3 is 5.97 Å². The van der Waals surface area contributed by atoms with Crippen LogP contribution in [0.2, 0.25) is 5.15 Å². The van der Waals surface area contributed by atoms with Gasteiger partial charge in [-0.2, -0.15) is 0 Å². The molecule has 1 amide bonds. The Balaban J connectivity index is 2.04. The van der Waals surface area contributed by atoms with E-state index >= 15 is 0 Å². The first kappa shape index (κ1) is 14.4. The minimum atomic E-state index is -1.02. The number of rotatable bonds is 4. The third kappa shape index (κ3) is 3.31. The van der Waals surface area contributed by atoms with Gasteiger partial charge in [-0.05, 0) is 19.1 Å². The molecule has 0 saturated carbocycles. The Bertz CT molecular complexity index is 672. The maximum atomic E-state index is 11.8. The monoisotopic (exact) mass is 311 g/mol. The summed E-state index contributed by atoms with van der Waals surface area (Å²) < 4.78 is 0. The number of carboxylic acid groups (broad SMARTS) is 1. The average Bonchev–Trinajstić information content (AvgIpc) is 2.77. The van der Waals surface area contributed by atoms with Gasteiger partial charge in [0.05, 0.1) is 12.2 Å². The number of carbonyl (C=O) groups is 2. The van der Waals surface area contributed by atoms with Crippen LogP contribution in [0.1, 0.15) is 30.9 Å². The highest BCUT2D eigenvalue weighted by molar-refractivity contribution is 7.13.